The molecule has 4 rings (SSSR count). The van der Waals surface area contributed by atoms with E-state index in [1.165, 1.54) is 0 Å². The fourth-order valence-electron chi connectivity index (χ4n) is 4.89. The quantitative estimate of drug-likeness (QED) is 0.745. The summed E-state index contributed by atoms with van der Waals surface area (Å²) in [5.41, 5.74) is 2.84. The summed E-state index contributed by atoms with van der Waals surface area (Å²) in [4.78, 5) is 28.4. The fraction of sp³-hybridized carbons (Fsp3) is 0.462. The molecule has 0 radical (unpaired) electrons. The largest absolute Gasteiger partial charge is 0.497 e. The lowest BCUT2D eigenvalue weighted by Gasteiger charge is -2.41. The number of ether oxygens (including phenoxy) is 1. The van der Waals surface area contributed by atoms with Crippen LogP contribution >= 0.6 is 0 Å². The number of anilines is 1. The molecule has 170 valence electrons. The molecule has 2 N–H and O–H groups in total. The molecule has 32 heavy (non-hydrogen) atoms. The van der Waals surface area contributed by atoms with Crippen LogP contribution < -0.4 is 15.0 Å². The SMILES string of the molecule is COc1ccc(C2C(C(=O)NC3CCC(O)CC3)CCC(=O)N2c2ccc(C)cc2)cc1. The number of carbonyl (C=O) groups is 2. The molecule has 1 aliphatic heterocycles. The van der Waals surface area contributed by atoms with Crippen LogP contribution in [-0.2, 0) is 9.59 Å². The lowest BCUT2D eigenvalue weighted by Crippen LogP contribution is -2.50. The standard InChI is InChI=1S/C26H32N2O4/c1-17-3-9-20(10-4-17)28-24(30)16-15-23(25(28)18-5-13-22(32-2)14-6-18)26(31)27-19-7-11-21(29)12-8-19/h3-6,9-10,13-14,19,21,23,25,29H,7-8,11-12,15-16H2,1-2H3,(H,27,31). The van der Waals surface area contributed by atoms with E-state index in [1.54, 1.807) is 12.0 Å². The molecule has 1 saturated heterocycles. The van der Waals surface area contributed by atoms with Gasteiger partial charge in [-0.1, -0.05) is 29.8 Å². The molecular formula is C26H32N2O4. The zero-order valence-electron chi connectivity index (χ0n) is 18.8. The topological polar surface area (TPSA) is 78.9 Å². The summed E-state index contributed by atoms with van der Waals surface area (Å²) >= 11 is 0. The third-order valence-corrected chi connectivity index (χ3v) is 6.75. The zero-order valence-corrected chi connectivity index (χ0v) is 18.8. The summed E-state index contributed by atoms with van der Waals surface area (Å²) in [6, 6.07) is 15.2. The minimum atomic E-state index is -0.390. The minimum absolute atomic E-state index is 0.0168. The summed E-state index contributed by atoms with van der Waals surface area (Å²) < 4.78 is 5.31. The average molecular weight is 437 g/mol. The molecule has 1 aliphatic carbocycles. The number of aliphatic hydroxyl groups is 1. The van der Waals surface area contributed by atoms with Gasteiger partial charge in [-0.2, -0.15) is 0 Å². The first-order chi connectivity index (χ1) is 15.5. The van der Waals surface area contributed by atoms with Crippen molar-refractivity contribution in [2.45, 2.75) is 63.6 Å². The zero-order chi connectivity index (χ0) is 22.7. The Labute approximate surface area is 189 Å². The normalized spacial score (nSPS) is 26.0. The van der Waals surface area contributed by atoms with Gasteiger partial charge >= 0.3 is 0 Å². The summed E-state index contributed by atoms with van der Waals surface area (Å²) in [5, 5.41) is 13.0. The van der Waals surface area contributed by atoms with Gasteiger partial charge in [0.15, 0.2) is 0 Å². The van der Waals surface area contributed by atoms with Crippen molar-refractivity contribution in [1.29, 1.82) is 0 Å². The van der Waals surface area contributed by atoms with Gasteiger partial charge in [0.1, 0.15) is 5.75 Å². The Hall–Kier alpha value is -2.86. The first-order valence-corrected chi connectivity index (χ1v) is 11.5. The Morgan fingerprint density at radius 1 is 1.00 bits per heavy atom. The van der Waals surface area contributed by atoms with Crippen LogP contribution in [0.3, 0.4) is 0 Å². The number of piperidine rings is 1. The molecule has 1 saturated carbocycles. The van der Waals surface area contributed by atoms with E-state index in [-0.39, 0.29) is 35.9 Å². The highest BCUT2D eigenvalue weighted by molar-refractivity contribution is 5.97. The maximum atomic E-state index is 13.5. The van der Waals surface area contributed by atoms with E-state index in [0.717, 1.165) is 35.4 Å². The number of hydrogen-bond acceptors (Lipinski definition) is 4. The van der Waals surface area contributed by atoms with Crippen LogP contribution in [0.1, 0.15) is 55.7 Å². The third kappa shape index (κ3) is 4.80. The van der Waals surface area contributed by atoms with Gasteiger partial charge in [0.25, 0.3) is 0 Å². The Balaban J connectivity index is 1.66. The number of aryl methyl sites for hydroxylation is 1. The molecule has 0 aromatic heterocycles. The first kappa shape index (κ1) is 22.3. The van der Waals surface area contributed by atoms with Crippen LogP contribution in [0.5, 0.6) is 5.75 Å². The average Bonchev–Trinajstić information content (AvgIpc) is 2.81. The van der Waals surface area contributed by atoms with E-state index in [4.69, 9.17) is 4.74 Å². The van der Waals surface area contributed by atoms with Crippen LogP contribution in [-0.4, -0.2) is 36.2 Å². The summed E-state index contributed by atoms with van der Waals surface area (Å²) in [6.07, 6.45) is 3.58. The molecule has 1 heterocycles. The molecular weight excluding hydrogens is 404 g/mol. The fourth-order valence-corrected chi connectivity index (χ4v) is 4.89. The monoisotopic (exact) mass is 436 g/mol. The number of rotatable bonds is 5. The second kappa shape index (κ2) is 9.74. The summed E-state index contributed by atoms with van der Waals surface area (Å²) in [6.45, 7) is 2.01. The lowest BCUT2D eigenvalue weighted by atomic mass is 9.82. The van der Waals surface area contributed by atoms with Crippen molar-refractivity contribution in [2.24, 2.45) is 5.92 Å². The molecule has 2 atom stereocenters. The lowest BCUT2D eigenvalue weighted by molar-refractivity contribution is -0.130. The first-order valence-electron chi connectivity index (χ1n) is 11.5. The van der Waals surface area contributed by atoms with Gasteiger partial charge in [0.2, 0.25) is 11.8 Å². The Morgan fingerprint density at radius 2 is 1.66 bits per heavy atom. The molecule has 0 spiro atoms. The number of benzene rings is 2. The van der Waals surface area contributed by atoms with E-state index < -0.39 is 0 Å². The summed E-state index contributed by atoms with van der Waals surface area (Å²) in [5.74, 6) is 0.394. The van der Waals surface area contributed by atoms with Gasteiger partial charge in [-0.15, -0.1) is 0 Å². The predicted molar refractivity (Wildman–Crippen MR) is 124 cm³/mol. The molecule has 6 heteroatoms. The van der Waals surface area contributed by atoms with Crippen LogP contribution in [0.15, 0.2) is 48.5 Å². The van der Waals surface area contributed by atoms with Crippen molar-refractivity contribution in [2.75, 3.05) is 12.0 Å². The number of amides is 2. The number of methoxy groups -OCH3 is 1. The maximum Gasteiger partial charge on any atom is 0.227 e. The van der Waals surface area contributed by atoms with Gasteiger partial charge in [0.05, 0.1) is 25.2 Å². The number of nitrogens with zero attached hydrogens (tertiary/aromatic N) is 1. The Kier molecular flexibility index (Phi) is 6.80. The van der Waals surface area contributed by atoms with Crippen molar-refractivity contribution in [3.63, 3.8) is 0 Å². The van der Waals surface area contributed by atoms with Crippen LogP contribution in [0.4, 0.5) is 5.69 Å². The molecule has 2 amide bonds. The van der Waals surface area contributed by atoms with Gasteiger partial charge in [-0.25, -0.2) is 0 Å². The predicted octanol–water partition coefficient (Wildman–Crippen LogP) is 3.91. The van der Waals surface area contributed by atoms with Gasteiger partial charge in [-0.3, -0.25) is 9.59 Å². The molecule has 6 nitrogen and oxygen atoms in total. The van der Waals surface area contributed by atoms with Crippen molar-refractivity contribution in [3.05, 3.63) is 59.7 Å². The second-order valence-corrected chi connectivity index (χ2v) is 8.98. The smallest absolute Gasteiger partial charge is 0.227 e. The highest BCUT2D eigenvalue weighted by Crippen LogP contribution is 2.40. The molecule has 0 bridgehead atoms. The van der Waals surface area contributed by atoms with Crippen LogP contribution in [0.25, 0.3) is 0 Å². The van der Waals surface area contributed by atoms with Gasteiger partial charge in [-0.05, 0) is 68.9 Å². The molecule has 2 aliphatic rings. The molecule has 2 fully saturated rings. The van der Waals surface area contributed by atoms with Crippen molar-refractivity contribution >= 4 is 17.5 Å². The van der Waals surface area contributed by atoms with Gasteiger partial charge in [0, 0.05) is 18.2 Å². The molecule has 2 unspecified atom stereocenters. The summed E-state index contributed by atoms with van der Waals surface area (Å²) in [7, 11) is 1.62. The maximum absolute atomic E-state index is 13.5. The van der Waals surface area contributed by atoms with Crippen molar-refractivity contribution in [1.82, 2.24) is 5.32 Å². The highest BCUT2D eigenvalue weighted by Gasteiger charge is 2.42. The van der Waals surface area contributed by atoms with E-state index >= 15 is 0 Å². The van der Waals surface area contributed by atoms with E-state index in [9.17, 15) is 14.7 Å². The van der Waals surface area contributed by atoms with Crippen LogP contribution in [0, 0.1) is 12.8 Å². The molecule has 2 aromatic rings. The number of carbonyl (C=O) groups excluding carboxylic acids is 2. The number of aliphatic hydroxyl groups excluding tert-OH is 1. The third-order valence-electron chi connectivity index (χ3n) is 6.75. The highest BCUT2D eigenvalue weighted by atomic mass is 16.5. The van der Waals surface area contributed by atoms with Crippen molar-refractivity contribution < 1.29 is 19.4 Å². The minimum Gasteiger partial charge on any atom is -0.497 e. The molecule has 2 aromatic carbocycles. The number of hydrogen-bond donors (Lipinski definition) is 2. The van der Waals surface area contributed by atoms with Crippen molar-refractivity contribution in [3.8, 4) is 5.75 Å². The van der Waals surface area contributed by atoms with Gasteiger partial charge < -0.3 is 20.1 Å². The van der Waals surface area contributed by atoms with E-state index in [1.807, 2.05) is 55.5 Å². The van der Waals surface area contributed by atoms with E-state index in [0.29, 0.717) is 25.7 Å². The van der Waals surface area contributed by atoms with Crippen LogP contribution in [0.2, 0.25) is 0 Å². The Bertz CT molecular complexity index is 933. The Morgan fingerprint density at radius 3 is 2.28 bits per heavy atom. The van der Waals surface area contributed by atoms with E-state index in [2.05, 4.69) is 5.32 Å². The second-order valence-electron chi connectivity index (χ2n) is 8.98. The number of nitrogens with one attached hydrogen (secondary N) is 1.